The zero-order chi connectivity index (χ0) is 16.6. The molecule has 2 heterocycles. The third-order valence-electron chi connectivity index (χ3n) is 4.42. The van der Waals surface area contributed by atoms with Crippen molar-refractivity contribution in [3.63, 3.8) is 0 Å². The molecule has 1 atom stereocenters. The fourth-order valence-electron chi connectivity index (χ4n) is 3.24. The van der Waals surface area contributed by atoms with Gasteiger partial charge in [-0.25, -0.2) is 9.97 Å². The van der Waals surface area contributed by atoms with Crippen molar-refractivity contribution < 1.29 is 5.11 Å². The second-order valence-electron chi connectivity index (χ2n) is 6.67. The number of rotatable bonds is 5. The summed E-state index contributed by atoms with van der Waals surface area (Å²) >= 11 is 0. The lowest BCUT2D eigenvalue weighted by Gasteiger charge is -2.31. The number of hydrogen-bond acceptors (Lipinski definition) is 4. The summed E-state index contributed by atoms with van der Waals surface area (Å²) in [4.78, 5) is 8.92. The van der Waals surface area contributed by atoms with Crippen molar-refractivity contribution in [3.05, 3.63) is 30.6 Å². The van der Waals surface area contributed by atoms with Crippen molar-refractivity contribution in [1.29, 1.82) is 0 Å². The number of nitrogens with two attached hydrogens (primary N) is 1. The number of unbranched alkanes of at least 4 members (excludes halogenated alkanes) is 1. The first-order valence-electron chi connectivity index (χ1n) is 8.16. The van der Waals surface area contributed by atoms with E-state index in [0.717, 1.165) is 35.7 Å². The number of aromatic nitrogens is 3. The van der Waals surface area contributed by atoms with E-state index < -0.39 is 5.60 Å². The van der Waals surface area contributed by atoms with Crippen molar-refractivity contribution in [3.8, 4) is 0 Å². The standard InChI is InChI=1S/C18H24N4O/c1-4-5-10-14(18(2,3)23)22-11-20-15-16(22)12-8-6-7-9-13(12)21-17(15)19/h6-9,11,14,23H,4-5,10H2,1-3H3,(H2,19,21)/t14-/m1/s1. The van der Waals surface area contributed by atoms with Crippen molar-refractivity contribution >= 4 is 27.8 Å². The van der Waals surface area contributed by atoms with E-state index in [1.807, 2.05) is 38.1 Å². The van der Waals surface area contributed by atoms with Crippen molar-refractivity contribution in [2.75, 3.05) is 5.73 Å². The topological polar surface area (TPSA) is 77.0 Å². The highest BCUT2D eigenvalue weighted by atomic mass is 16.3. The Bertz CT molecular complexity index is 832. The lowest BCUT2D eigenvalue weighted by Crippen LogP contribution is -2.33. The second kappa shape index (κ2) is 5.81. The van der Waals surface area contributed by atoms with Crippen LogP contribution in [0.5, 0.6) is 0 Å². The Morgan fingerprint density at radius 2 is 2.04 bits per heavy atom. The molecule has 0 spiro atoms. The first-order chi connectivity index (χ1) is 10.9. The fourth-order valence-corrected chi connectivity index (χ4v) is 3.24. The number of nitrogens with zero attached hydrogens (tertiary/aromatic N) is 3. The summed E-state index contributed by atoms with van der Waals surface area (Å²) in [6.07, 6.45) is 4.81. The molecule has 1 aromatic carbocycles. The van der Waals surface area contributed by atoms with Gasteiger partial charge < -0.3 is 15.4 Å². The Morgan fingerprint density at radius 1 is 1.30 bits per heavy atom. The Balaban J connectivity index is 2.28. The van der Waals surface area contributed by atoms with Crippen LogP contribution in [-0.4, -0.2) is 25.2 Å². The molecule has 3 N–H and O–H groups in total. The highest BCUT2D eigenvalue weighted by Crippen LogP contribution is 2.34. The van der Waals surface area contributed by atoms with Crippen LogP contribution in [0.2, 0.25) is 0 Å². The van der Waals surface area contributed by atoms with Gasteiger partial charge >= 0.3 is 0 Å². The van der Waals surface area contributed by atoms with Gasteiger partial charge in [0.05, 0.1) is 29.0 Å². The largest absolute Gasteiger partial charge is 0.388 e. The molecular formula is C18H24N4O. The normalized spacial score (nSPS) is 13.7. The summed E-state index contributed by atoms with van der Waals surface area (Å²) in [5.74, 6) is 0.433. The van der Waals surface area contributed by atoms with Gasteiger partial charge in [-0.15, -0.1) is 0 Å². The van der Waals surface area contributed by atoms with E-state index in [1.165, 1.54) is 0 Å². The Hall–Kier alpha value is -2.14. The van der Waals surface area contributed by atoms with Crippen LogP contribution in [0.4, 0.5) is 5.82 Å². The van der Waals surface area contributed by atoms with E-state index >= 15 is 0 Å². The van der Waals surface area contributed by atoms with Crippen LogP contribution in [0, 0.1) is 0 Å². The average Bonchev–Trinajstić information content (AvgIpc) is 2.92. The van der Waals surface area contributed by atoms with Crippen molar-refractivity contribution in [1.82, 2.24) is 14.5 Å². The van der Waals surface area contributed by atoms with Gasteiger partial charge in [0.2, 0.25) is 0 Å². The first kappa shape index (κ1) is 15.7. The lowest BCUT2D eigenvalue weighted by molar-refractivity contribution is 0.0201. The molecule has 0 aliphatic rings. The molecule has 5 heteroatoms. The number of aliphatic hydroxyl groups is 1. The maximum atomic E-state index is 10.7. The molecule has 0 amide bonds. The molecular weight excluding hydrogens is 288 g/mol. The van der Waals surface area contributed by atoms with E-state index in [1.54, 1.807) is 6.33 Å². The van der Waals surface area contributed by atoms with E-state index in [2.05, 4.69) is 21.5 Å². The molecule has 0 saturated heterocycles. The first-order valence-corrected chi connectivity index (χ1v) is 8.16. The van der Waals surface area contributed by atoms with E-state index in [-0.39, 0.29) is 6.04 Å². The Morgan fingerprint density at radius 3 is 2.74 bits per heavy atom. The number of para-hydroxylation sites is 1. The third kappa shape index (κ3) is 2.77. The summed E-state index contributed by atoms with van der Waals surface area (Å²) in [6, 6.07) is 7.86. The van der Waals surface area contributed by atoms with Crippen molar-refractivity contribution in [2.24, 2.45) is 0 Å². The Labute approximate surface area is 136 Å². The summed E-state index contributed by atoms with van der Waals surface area (Å²) in [7, 11) is 0. The minimum Gasteiger partial charge on any atom is -0.388 e. The van der Waals surface area contributed by atoms with Crippen LogP contribution in [0.25, 0.3) is 21.9 Å². The highest BCUT2D eigenvalue weighted by molar-refractivity contribution is 6.06. The molecule has 0 radical (unpaired) electrons. The van der Waals surface area contributed by atoms with Gasteiger partial charge in [0, 0.05) is 5.39 Å². The average molecular weight is 312 g/mol. The van der Waals surface area contributed by atoms with Gasteiger partial charge in [0.15, 0.2) is 5.82 Å². The summed E-state index contributed by atoms with van der Waals surface area (Å²) in [6.45, 7) is 5.86. The molecule has 0 bridgehead atoms. The predicted octanol–water partition coefficient (Wildman–Crippen LogP) is 3.67. The number of pyridine rings is 1. The van der Waals surface area contributed by atoms with Crippen LogP contribution in [0.1, 0.15) is 46.1 Å². The highest BCUT2D eigenvalue weighted by Gasteiger charge is 2.30. The van der Waals surface area contributed by atoms with E-state index in [0.29, 0.717) is 11.3 Å². The van der Waals surface area contributed by atoms with Crippen LogP contribution in [-0.2, 0) is 0 Å². The molecule has 3 aromatic rings. The number of fused-ring (bicyclic) bond motifs is 3. The quantitative estimate of drug-likeness (QED) is 0.753. The number of imidazole rings is 1. The second-order valence-corrected chi connectivity index (χ2v) is 6.67. The van der Waals surface area contributed by atoms with Crippen molar-refractivity contribution in [2.45, 2.75) is 51.7 Å². The summed E-state index contributed by atoms with van der Waals surface area (Å²) < 4.78 is 2.07. The maximum absolute atomic E-state index is 10.7. The van der Waals surface area contributed by atoms with Crippen LogP contribution in [0.3, 0.4) is 0 Å². The van der Waals surface area contributed by atoms with E-state index in [4.69, 9.17) is 5.73 Å². The molecule has 0 aliphatic heterocycles. The van der Waals surface area contributed by atoms with Gasteiger partial charge in [-0.2, -0.15) is 0 Å². The Kier molecular flexibility index (Phi) is 3.98. The van der Waals surface area contributed by atoms with Crippen LogP contribution in [0.15, 0.2) is 30.6 Å². The molecule has 0 unspecified atom stereocenters. The van der Waals surface area contributed by atoms with Gasteiger partial charge in [-0.05, 0) is 26.3 Å². The minimum absolute atomic E-state index is 0.0577. The van der Waals surface area contributed by atoms with Gasteiger partial charge in [-0.3, -0.25) is 0 Å². The fraction of sp³-hybridized carbons (Fsp3) is 0.444. The van der Waals surface area contributed by atoms with E-state index in [9.17, 15) is 5.11 Å². The lowest BCUT2D eigenvalue weighted by atomic mass is 9.93. The molecule has 2 aromatic heterocycles. The number of anilines is 1. The molecule has 0 fully saturated rings. The molecule has 0 saturated carbocycles. The smallest absolute Gasteiger partial charge is 0.152 e. The number of hydrogen-bond donors (Lipinski definition) is 2. The van der Waals surface area contributed by atoms with Gasteiger partial charge in [0.25, 0.3) is 0 Å². The molecule has 3 rings (SSSR count). The molecule has 0 aliphatic carbocycles. The zero-order valence-corrected chi connectivity index (χ0v) is 14.0. The predicted molar refractivity (Wildman–Crippen MR) is 94.3 cm³/mol. The minimum atomic E-state index is -0.845. The molecule has 5 nitrogen and oxygen atoms in total. The maximum Gasteiger partial charge on any atom is 0.152 e. The zero-order valence-electron chi connectivity index (χ0n) is 14.0. The van der Waals surface area contributed by atoms with Crippen LogP contribution >= 0.6 is 0 Å². The van der Waals surface area contributed by atoms with Gasteiger partial charge in [0.1, 0.15) is 5.52 Å². The third-order valence-corrected chi connectivity index (χ3v) is 4.42. The number of benzene rings is 1. The van der Waals surface area contributed by atoms with Crippen LogP contribution < -0.4 is 5.73 Å². The summed E-state index contributed by atoms with van der Waals surface area (Å²) in [5.41, 5.74) is 7.76. The molecule has 122 valence electrons. The number of nitrogen functional groups attached to an aromatic ring is 1. The van der Waals surface area contributed by atoms with Gasteiger partial charge in [-0.1, -0.05) is 38.0 Å². The molecule has 23 heavy (non-hydrogen) atoms. The summed E-state index contributed by atoms with van der Waals surface area (Å²) in [5, 5.41) is 11.7. The SMILES string of the molecule is CCCC[C@@H](n1cnc2c(N)nc3ccccc3c21)C(C)(C)O. The monoisotopic (exact) mass is 312 g/mol.